The molecular weight excluding hydrogens is 280 g/mol. The highest BCUT2D eigenvalue weighted by molar-refractivity contribution is 6.33. The number of nitrogens with one attached hydrogen (secondary N) is 2. The predicted molar refractivity (Wildman–Crippen MR) is 76.3 cm³/mol. The third-order valence-electron chi connectivity index (χ3n) is 3.04. The van der Waals surface area contributed by atoms with Crippen LogP contribution in [0.5, 0.6) is 5.75 Å². The number of carbonyl (C=O) groups is 1. The Kier molecular flexibility index (Phi) is 3.28. The second-order valence-corrected chi connectivity index (χ2v) is 4.95. The summed E-state index contributed by atoms with van der Waals surface area (Å²) >= 11 is 6.21. The number of halogens is 1. The number of amides is 1. The minimum Gasteiger partial charge on any atom is -0.482 e. The number of furan rings is 1. The van der Waals surface area contributed by atoms with Crippen molar-refractivity contribution in [2.24, 2.45) is 0 Å². The first-order valence-corrected chi connectivity index (χ1v) is 6.57. The van der Waals surface area contributed by atoms with Crippen LogP contribution in [0.4, 0.5) is 11.4 Å². The van der Waals surface area contributed by atoms with E-state index in [0.29, 0.717) is 16.5 Å². The molecule has 5 nitrogen and oxygen atoms in total. The number of fused-ring (bicyclic) bond motifs is 1. The maximum Gasteiger partial charge on any atom is 0.262 e. The molecule has 1 aromatic carbocycles. The Morgan fingerprint density at radius 2 is 2.30 bits per heavy atom. The topological polar surface area (TPSA) is 63.5 Å². The van der Waals surface area contributed by atoms with Gasteiger partial charge >= 0.3 is 0 Å². The van der Waals surface area contributed by atoms with E-state index in [1.165, 1.54) is 0 Å². The van der Waals surface area contributed by atoms with Gasteiger partial charge in [-0.05, 0) is 25.1 Å². The fourth-order valence-electron chi connectivity index (χ4n) is 2.05. The minimum atomic E-state index is -0.182. The van der Waals surface area contributed by atoms with Gasteiger partial charge in [-0.25, -0.2) is 0 Å². The summed E-state index contributed by atoms with van der Waals surface area (Å²) in [4.78, 5) is 11.2. The zero-order valence-electron chi connectivity index (χ0n) is 10.8. The number of anilines is 2. The van der Waals surface area contributed by atoms with Crippen molar-refractivity contribution in [3.8, 4) is 5.75 Å². The minimum absolute atomic E-state index is 0.0157. The van der Waals surface area contributed by atoms with Crippen LogP contribution in [0.2, 0.25) is 5.02 Å². The molecule has 0 bridgehead atoms. The lowest BCUT2D eigenvalue weighted by molar-refractivity contribution is -0.118. The molecule has 1 atom stereocenters. The molecule has 0 fully saturated rings. The van der Waals surface area contributed by atoms with Gasteiger partial charge in [-0.15, -0.1) is 0 Å². The summed E-state index contributed by atoms with van der Waals surface area (Å²) in [5.41, 5.74) is 1.31. The molecule has 0 saturated carbocycles. The lowest BCUT2D eigenvalue weighted by atomic mass is 10.2. The van der Waals surface area contributed by atoms with Gasteiger partial charge in [0, 0.05) is 6.07 Å². The highest BCUT2D eigenvalue weighted by Gasteiger charge is 2.19. The summed E-state index contributed by atoms with van der Waals surface area (Å²) < 4.78 is 10.7. The number of benzene rings is 1. The maximum atomic E-state index is 11.2. The number of carbonyl (C=O) groups excluding carboxylic acids is 1. The molecule has 2 N–H and O–H groups in total. The monoisotopic (exact) mass is 292 g/mol. The molecule has 1 aliphatic rings. The van der Waals surface area contributed by atoms with Crippen LogP contribution in [0.25, 0.3) is 0 Å². The lowest BCUT2D eigenvalue weighted by Crippen LogP contribution is -2.25. The molecule has 1 amide bonds. The first-order chi connectivity index (χ1) is 9.63. The van der Waals surface area contributed by atoms with Gasteiger partial charge in [0.15, 0.2) is 6.61 Å². The standard InChI is InChI=1S/C14H13ClN2O3/c1-8(12-3-2-4-19-12)16-10-6-13-11(5-9(10)15)17-14(18)7-20-13/h2-6,8,16H,7H2,1H3,(H,17,18). The molecule has 0 radical (unpaired) electrons. The van der Waals surface area contributed by atoms with Crippen molar-refractivity contribution < 1.29 is 13.9 Å². The molecule has 2 aromatic rings. The number of rotatable bonds is 3. The Labute approximate surface area is 120 Å². The summed E-state index contributed by atoms with van der Waals surface area (Å²) in [7, 11) is 0. The zero-order chi connectivity index (χ0) is 14.1. The smallest absolute Gasteiger partial charge is 0.262 e. The Bertz CT molecular complexity index is 640. The summed E-state index contributed by atoms with van der Waals surface area (Å²) in [5.74, 6) is 1.23. The van der Waals surface area contributed by atoms with E-state index in [9.17, 15) is 4.79 Å². The van der Waals surface area contributed by atoms with Crippen LogP contribution in [-0.4, -0.2) is 12.5 Å². The summed E-state index contributed by atoms with van der Waals surface area (Å²) in [6.45, 7) is 1.99. The van der Waals surface area contributed by atoms with Crippen molar-refractivity contribution in [2.45, 2.75) is 13.0 Å². The van der Waals surface area contributed by atoms with Crippen molar-refractivity contribution in [3.05, 3.63) is 41.3 Å². The Balaban J connectivity index is 1.85. The third-order valence-corrected chi connectivity index (χ3v) is 3.36. The van der Waals surface area contributed by atoms with Gasteiger partial charge in [-0.1, -0.05) is 11.6 Å². The second-order valence-electron chi connectivity index (χ2n) is 4.55. The predicted octanol–water partition coefficient (Wildman–Crippen LogP) is 3.44. The van der Waals surface area contributed by atoms with E-state index >= 15 is 0 Å². The van der Waals surface area contributed by atoms with Gasteiger partial charge in [-0.3, -0.25) is 4.79 Å². The van der Waals surface area contributed by atoms with Crippen molar-refractivity contribution >= 4 is 28.9 Å². The first-order valence-electron chi connectivity index (χ1n) is 6.19. The van der Waals surface area contributed by atoms with Gasteiger partial charge < -0.3 is 19.8 Å². The molecule has 6 heteroatoms. The molecule has 1 aliphatic heterocycles. The average molecular weight is 293 g/mol. The summed E-state index contributed by atoms with van der Waals surface area (Å²) in [6, 6.07) is 7.14. The van der Waals surface area contributed by atoms with Crippen molar-refractivity contribution in [1.29, 1.82) is 0 Å². The maximum absolute atomic E-state index is 11.2. The van der Waals surface area contributed by atoms with E-state index in [1.54, 1.807) is 18.4 Å². The fraction of sp³-hybridized carbons (Fsp3) is 0.214. The molecule has 20 heavy (non-hydrogen) atoms. The molecule has 3 rings (SSSR count). The van der Waals surface area contributed by atoms with Gasteiger partial charge in [0.2, 0.25) is 0 Å². The normalized spacial score (nSPS) is 15.0. The number of hydrogen-bond donors (Lipinski definition) is 2. The van der Waals surface area contributed by atoms with E-state index < -0.39 is 0 Å². The highest BCUT2D eigenvalue weighted by atomic mass is 35.5. The van der Waals surface area contributed by atoms with Crippen LogP contribution in [0, 0.1) is 0 Å². The number of hydrogen-bond acceptors (Lipinski definition) is 4. The van der Waals surface area contributed by atoms with Crippen molar-refractivity contribution in [3.63, 3.8) is 0 Å². The summed E-state index contributed by atoms with van der Waals surface area (Å²) in [5, 5.41) is 6.48. The first kappa shape index (κ1) is 12.9. The number of ether oxygens (including phenoxy) is 1. The fourth-order valence-corrected chi connectivity index (χ4v) is 2.27. The molecule has 1 unspecified atom stereocenters. The van der Waals surface area contributed by atoms with Crippen molar-refractivity contribution in [1.82, 2.24) is 0 Å². The second kappa shape index (κ2) is 5.09. The Hall–Kier alpha value is -2.14. The van der Waals surface area contributed by atoms with Gasteiger partial charge in [0.1, 0.15) is 11.5 Å². The van der Waals surface area contributed by atoms with E-state index in [4.69, 9.17) is 20.8 Å². The summed E-state index contributed by atoms with van der Waals surface area (Å²) in [6.07, 6.45) is 1.63. The molecule has 2 heterocycles. The van der Waals surface area contributed by atoms with Crippen molar-refractivity contribution in [2.75, 3.05) is 17.2 Å². The quantitative estimate of drug-likeness (QED) is 0.909. The van der Waals surface area contributed by atoms with Gasteiger partial charge in [-0.2, -0.15) is 0 Å². The van der Waals surface area contributed by atoms with Crippen LogP contribution in [-0.2, 0) is 4.79 Å². The molecule has 0 aliphatic carbocycles. The molecule has 0 spiro atoms. The lowest BCUT2D eigenvalue weighted by Gasteiger charge is -2.21. The zero-order valence-corrected chi connectivity index (χ0v) is 11.5. The van der Waals surface area contributed by atoms with Crippen LogP contribution in [0.3, 0.4) is 0 Å². The van der Waals surface area contributed by atoms with Crippen LogP contribution >= 0.6 is 11.6 Å². The highest BCUT2D eigenvalue weighted by Crippen LogP contribution is 2.37. The molecule has 104 valence electrons. The molecular formula is C14H13ClN2O3. The largest absolute Gasteiger partial charge is 0.482 e. The third kappa shape index (κ3) is 2.44. The van der Waals surface area contributed by atoms with Crippen LogP contribution in [0.15, 0.2) is 34.9 Å². The molecule has 1 aromatic heterocycles. The van der Waals surface area contributed by atoms with Crippen LogP contribution < -0.4 is 15.4 Å². The van der Waals surface area contributed by atoms with Crippen LogP contribution in [0.1, 0.15) is 18.7 Å². The molecule has 0 saturated heterocycles. The SMILES string of the molecule is CC(Nc1cc2c(cc1Cl)NC(=O)CO2)c1ccco1. The van der Waals surface area contributed by atoms with E-state index in [2.05, 4.69) is 10.6 Å². The van der Waals surface area contributed by atoms with E-state index in [1.807, 2.05) is 19.1 Å². The van der Waals surface area contributed by atoms with Gasteiger partial charge in [0.05, 0.1) is 28.7 Å². The average Bonchev–Trinajstić information content (AvgIpc) is 2.94. The van der Waals surface area contributed by atoms with E-state index in [-0.39, 0.29) is 18.6 Å². The van der Waals surface area contributed by atoms with Gasteiger partial charge in [0.25, 0.3) is 5.91 Å². The Morgan fingerprint density at radius 3 is 3.05 bits per heavy atom. The Morgan fingerprint density at radius 1 is 1.45 bits per heavy atom. The van der Waals surface area contributed by atoms with E-state index in [0.717, 1.165) is 11.4 Å².